The zero-order valence-electron chi connectivity index (χ0n) is 14.9. The van der Waals surface area contributed by atoms with Crippen LogP contribution in [0.4, 0.5) is 0 Å². The van der Waals surface area contributed by atoms with Crippen LogP contribution in [0.25, 0.3) is 0 Å². The monoisotopic (exact) mass is 436 g/mol. The molecule has 1 N–H and O–H groups in total. The Hall–Kier alpha value is -0.0800. The highest BCUT2D eigenvalue weighted by Gasteiger charge is 2.33. The number of guanidine groups is 1. The third-order valence-corrected chi connectivity index (χ3v) is 5.22. The standard InChI is InChI=1S/C17H32N4O.HI/c1-4-18-16(21-9-7-17(2,3)13-21)19-10-15-11-20-8-5-6-14(20)12-22-15;/h14-15H,4-13H2,1-3H3,(H,18,19);1H. The molecule has 3 aliphatic heterocycles. The van der Waals surface area contributed by atoms with Crippen molar-refractivity contribution in [1.29, 1.82) is 0 Å². The molecule has 3 saturated heterocycles. The molecule has 3 fully saturated rings. The van der Waals surface area contributed by atoms with E-state index in [1.54, 1.807) is 0 Å². The van der Waals surface area contributed by atoms with Gasteiger partial charge in [0, 0.05) is 32.2 Å². The lowest BCUT2D eigenvalue weighted by Crippen LogP contribution is -2.48. The minimum absolute atomic E-state index is 0. The zero-order chi connectivity index (χ0) is 15.6. The minimum Gasteiger partial charge on any atom is -0.373 e. The molecule has 6 heteroatoms. The molecule has 3 heterocycles. The molecule has 0 aromatic rings. The molecule has 0 saturated carbocycles. The number of nitrogens with one attached hydrogen (secondary N) is 1. The fraction of sp³-hybridized carbons (Fsp3) is 0.941. The van der Waals surface area contributed by atoms with Gasteiger partial charge in [-0.25, -0.2) is 0 Å². The van der Waals surface area contributed by atoms with Crippen molar-refractivity contribution < 1.29 is 4.74 Å². The van der Waals surface area contributed by atoms with Crippen molar-refractivity contribution in [1.82, 2.24) is 15.1 Å². The van der Waals surface area contributed by atoms with Crippen molar-refractivity contribution in [2.24, 2.45) is 10.4 Å². The van der Waals surface area contributed by atoms with E-state index in [1.807, 2.05) is 0 Å². The van der Waals surface area contributed by atoms with Gasteiger partial charge in [0.05, 0.1) is 19.3 Å². The molecule has 3 aliphatic rings. The Morgan fingerprint density at radius 3 is 2.87 bits per heavy atom. The average molecular weight is 436 g/mol. The Bertz CT molecular complexity index is 415. The first-order valence-corrected chi connectivity index (χ1v) is 8.96. The van der Waals surface area contributed by atoms with Gasteiger partial charge in [-0.3, -0.25) is 9.89 Å². The molecule has 5 nitrogen and oxygen atoms in total. The van der Waals surface area contributed by atoms with E-state index in [-0.39, 0.29) is 30.1 Å². The number of aliphatic imine (C=N–C) groups is 1. The molecule has 0 amide bonds. The highest BCUT2D eigenvalue weighted by molar-refractivity contribution is 14.0. The molecular formula is C17H33IN4O. The van der Waals surface area contributed by atoms with E-state index < -0.39 is 0 Å². The third-order valence-electron chi connectivity index (χ3n) is 5.22. The molecule has 0 spiro atoms. The van der Waals surface area contributed by atoms with Crippen molar-refractivity contribution in [2.45, 2.75) is 52.2 Å². The first-order chi connectivity index (χ1) is 10.6. The van der Waals surface area contributed by atoms with Crippen molar-refractivity contribution >= 4 is 29.9 Å². The fourth-order valence-electron chi connectivity index (χ4n) is 3.90. The molecule has 0 aromatic carbocycles. The van der Waals surface area contributed by atoms with Crippen LogP contribution in [-0.4, -0.2) is 73.8 Å². The van der Waals surface area contributed by atoms with E-state index in [0.29, 0.717) is 11.5 Å². The van der Waals surface area contributed by atoms with E-state index in [4.69, 9.17) is 9.73 Å². The van der Waals surface area contributed by atoms with Gasteiger partial charge in [0.25, 0.3) is 0 Å². The van der Waals surface area contributed by atoms with Crippen LogP contribution >= 0.6 is 24.0 Å². The number of hydrogen-bond donors (Lipinski definition) is 1. The SMILES string of the molecule is CCNC(=NCC1CN2CCCC2CO1)N1CCC(C)(C)C1.I. The molecule has 0 radical (unpaired) electrons. The summed E-state index contributed by atoms with van der Waals surface area (Å²) in [6, 6.07) is 0.674. The van der Waals surface area contributed by atoms with Gasteiger partial charge in [0.1, 0.15) is 0 Å². The van der Waals surface area contributed by atoms with E-state index in [9.17, 15) is 0 Å². The first-order valence-electron chi connectivity index (χ1n) is 8.96. The molecule has 2 atom stereocenters. The maximum absolute atomic E-state index is 6.03. The molecule has 23 heavy (non-hydrogen) atoms. The maximum atomic E-state index is 6.03. The summed E-state index contributed by atoms with van der Waals surface area (Å²) in [6.07, 6.45) is 4.14. The van der Waals surface area contributed by atoms with Crippen molar-refractivity contribution in [2.75, 3.05) is 45.9 Å². The quantitative estimate of drug-likeness (QED) is 0.418. The van der Waals surface area contributed by atoms with Gasteiger partial charge < -0.3 is 15.0 Å². The van der Waals surface area contributed by atoms with Crippen LogP contribution in [0.15, 0.2) is 4.99 Å². The Morgan fingerprint density at radius 1 is 1.35 bits per heavy atom. The molecule has 3 rings (SSSR count). The van der Waals surface area contributed by atoms with Crippen molar-refractivity contribution in [3.05, 3.63) is 0 Å². The van der Waals surface area contributed by atoms with E-state index in [1.165, 1.54) is 25.8 Å². The third kappa shape index (κ3) is 4.95. The highest BCUT2D eigenvalue weighted by atomic mass is 127. The number of ether oxygens (including phenoxy) is 1. The molecule has 134 valence electrons. The summed E-state index contributed by atoms with van der Waals surface area (Å²) in [5, 5.41) is 3.45. The zero-order valence-corrected chi connectivity index (χ0v) is 17.2. The Morgan fingerprint density at radius 2 is 2.17 bits per heavy atom. The minimum atomic E-state index is 0. The average Bonchev–Trinajstić information content (AvgIpc) is 3.08. The summed E-state index contributed by atoms with van der Waals surface area (Å²) < 4.78 is 6.03. The Labute approximate surface area is 158 Å². The Balaban J connectivity index is 0.00000192. The highest BCUT2D eigenvalue weighted by Crippen LogP contribution is 2.28. The fourth-order valence-corrected chi connectivity index (χ4v) is 3.90. The second kappa shape index (κ2) is 8.34. The van der Waals surface area contributed by atoms with E-state index in [2.05, 4.69) is 35.9 Å². The number of hydrogen-bond acceptors (Lipinski definition) is 3. The van der Waals surface area contributed by atoms with E-state index >= 15 is 0 Å². The summed E-state index contributed by atoms with van der Waals surface area (Å²) in [5.74, 6) is 1.07. The van der Waals surface area contributed by atoms with Crippen LogP contribution in [0.3, 0.4) is 0 Å². The number of likely N-dealkylation sites (tertiary alicyclic amines) is 1. The van der Waals surface area contributed by atoms with Gasteiger partial charge in [-0.1, -0.05) is 13.8 Å². The lowest BCUT2D eigenvalue weighted by atomic mass is 9.93. The topological polar surface area (TPSA) is 40.1 Å². The molecule has 0 bridgehead atoms. The van der Waals surface area contributed by atoms with Crippen LogP contribution in [-0.2, 0) is 4.74 Å². The van der Waals surface area contributed by atoms with Crippen LogP contribution in [0.2, 0.25) is 0 Å². The smallest absolute Gasteiger partial charge is 0.194 e. The van der Waals surface area contributed by atoms with Crippen LogP contribution in [0, 0.1) is 5.41 Å². The molecule has 2 unspecified atom stereocenters. The predicted molar refractivity (Wildman–Crippen MR) is 106 cm³/mol. The lowest BCUT2D eigenvalue weighted by molar-refractivity contribution is -0.0432. The van der Waals surface area contributed by atoms with E-state index in [0.717, 1.165) is 45.3 Å². The van der Waals surface area contributed by atoms with Gasteiger partial charge in [-0.15, -0.1) is 24.0 Å². The normalized spacial score (nSPS) is 30.9. The maximum Gasteiger partial charge on any atom is 0.194 e. The number of nitrogens with zero attached hydrogens (tertiary/aromatic N) is 3. The van der Waals surface area contributed by atoms with Crippen LogP contribution < -0.4 is 5.32 Å². The second-order valence-corrected chi connectivity index (χ2v) is 7.78. The molecule has 0 aliphatic carbocycles. The molecule has 0 aromatic heterocycles. The largest absolute Gasteiger partial charge is 0.373 e. The summed E-state index contributed by atoms with van der Waals surface area (Å²) in [4.78, 5) is 9.88. The van der Waals surface area contributed by atoms with Crippen LogP contribution in [0.1, 0.15) is 40.0 Å². The Kier molecular flexibility index (Phi) is 6.98. The second-order valence-electron chi connectivity index (χ2n) is 7.78. The molecular weight excluding hydrogens is 403 g/mol. The number of halogens is 1. The van der Waals surface area contributed by atoms with Gasteiger partial charge in [-0.05, 0) is 38.1 Å². The number of rotatable bonds is 3. The summed E-state index contributed by atoms with van der Waals surface area (Å²) in [5.41, 5.74) is 0.403. The lowest BCUT2D eigenvalue weighted by Gasteiger charge is -2.34. The van der Waals surface area contributed by atoms with Gasteiger partial charge in [-0.2, -0.15) is 0 Å². The number of morpholine rings is 1. The van der Waals surface area contributed by atoms with Crippen molar-refractivity contribution in [3.63, 3.8) is 0 Å². The summed E-state index contributed by atoms with van der Waals surface area (Å²) in [6.45, 7) is 13.9. The first kappa shape index (κ1) is 19.2. The van der Waals surface area contributed by atoms with Crippen LogP contribution in [0.5, 0.6) is 0 Å². The van der Waals surface area contributed by atoms with Gasteiger partial charge in [0.15, 0.2) is 5.96 Å². The van der Waals surface area contributed by atoms with Gasteiger partial charge >= 0.3 is 0 Å². The van der Waals surface area contributed by atoms with Gasteiger partial charge in [0.2, 0.25) is 0 Å². The summed E-state index contributed by atoms with van der Waals surface area (Å²) >= 11 is 0. The predicted octanol–water partition coefficient (Wildman–Crippen LogP) is 2.17. The van der Waals surface area contributed by atoms with Crippen molar-refractivity contribution in [3.8, 4) is 0 Å². The number of fused-ring (bicyclic) bond motifs is 1. The summed E-state index contributed by atoms with van der Waals surface area (Å²) in [7, 11) is 0.